The van der Waals surface area contributed by atoms with Gasteiger partial charge in [0.15, 0.2) is 0 Å². The molecule has 8 nitrogen and oxygen atoms in total. The molecule has 1 amide bonds. The van der Waals surface area contributed by atoms with Gasteiger partial charge in [0.25, 0.3) is 11.6 Å². The van der Waals surface area contributed by atoms with Crippen LogP contribution in [-0.4, -0.2) is 17.0 Å². The molecule has 3 aromatic rings. The number of hydrogen-bond donors (Lipinski definition) is 1. The van der Waals surface area contributed by atoms with E-state index in [-0.39, 0.29) is 23.4 Å². The van der Waals surface area contributed by atoms with Gasteiger partial charge in [-0.3, -0.25) is 14.9 Å². The average Bonchev–Trinajstić information content (AvgIpc) is 2.78. The molecular formula is C22H15FN4O4. The number of benzene rings is 3. The van der Waals surface area contributed by atoms with Crippen LogP contribution in [0.4, 0.5) is 10.1 Å². The van der Waals surface area contributed by atoms with Crippen LogP contribution in [0, 0.1) is 27.3 Å². The fourth-order valence-corrected chi connectivity index (χ4v) is 2.57. The molecule has 3 aromatic carbocycles. The van der Waals surface area contributed by atoms with Crippen molar-refractivity contribution in [2.24, 2.45) is 5.10 Å². The van der Waals surface area contributed by atoms with E-state index >= 15 is 0 Å². The highest BCUT2D eigenvalue weighted by Gasteiger charge is 2.11. The number of nitriles is 1. The first kappa shape index (κ1) is 21.1. The maximum Gasteiger partial charge on any atom is 0.274 e. The Hall–Kier alpha value is -4.58. The molecule has 1 N–H and O–H groups in total. The van der Waals surface area contributed by atoms with E-state index in [0.29, 0.717) is 16.9 Å². The number of carbonyl (C=O) groups excluding carboxylic acids is 1. The van der Waals surface area contributed by atoms with Crippen LogP contribution in [0.3, 0.4) is 0 Å². The second kappa shape index (κ2) is 9.76. The summed E-state index contributed by atoms with van der Waals surface area (Å²) < 4.78 is 19.4. The van der Waals surface area contributed by atoms with Crippen molar-refractivity contribution in [3.8, 4) is 11.8 Å². The van der Waals surface area contributed by atoms with E-state index in [1.165, 1.54) is 30.5 Å². The molecule has 0 atom stereocenters. The molecule has 3 rings (SSSR count). The van der Waals surface area contributed by atoms with Gasteiger partial charge in [0, 0.05) is 12.1 Å². The first-order valence-corrected chi connectivity index (χ1v) is 8.95. The SMILES string of the molecule is N#Cc1ccc(C(=O)N/N=C\c2ccc(OCc3cccc([N+](=O)[O-])c3)cc2)c(F)c1. The Morgan fingerprint density at radius 2 is 1.97 bits per heavy atom. The third-order valence-electron chi connectivity index (χ3n) is 4.13. The molecule has 31 heavy (non-hydrogen) atoms. The van der Waals surface area contributed by atoms with Crippen LogP contribution in [0.25, 0.3) is 0 Å². The summed E-state index contributed by atoms with van der Waals surface area (Å²) in [6.45, 7) is 0.168. The van der Waals surface area contributed by atoms with Crippen molar-refractivity contribution in [1.82, 2.24) is 5.43 Å². The monoisotopic (exact) mass is 418 g/mol. The zero-order chi connectivity index (χ0) is 22.2. The van der Waals surface area contributed by atoms with Crippen LogP contribution in [-0.2, 0) is 6.61 Å². The molecule has 0 aliphatic rings. The van der Waals surface area contributed by atoms with Gasteiger partial charge >= 0.3 is 0 Å². The average molecular weight is 418 g/mol. The van der Waals surface area contributed by atoms with E-state index in [2.05, 4.69) is 10.5 Å². The van der Waals surface area contributed by atoms with Crippen LogP contribution in [0.1, 0.15) is 27.0 Å². The summed E-state index contributed by atoms with van der Waals surface area (Å²) in [6, 6.07) is 18.3. The summed E-state index contributed by atoms with van der Waals surface area (Å²) in [6.07, 6.45) is 1.38. The molecule has 0 radical (unpaired) electrons. The molecule has 0 aromatic heterocycles. The Bertz CT molecular complexity index is 1190. The van der Waals surface area contributed by atoms with Crippen LogP contribution >= 0.6 is 0 Å². The summed E-state index contributed by atoms with van der Waals surface area (Å²) in [5.41, 5.74) is 3.43. The molecule has 0 unspecified atom stereocenters. The van der Waals surface area contributed by atoms with Crippen LogP contribution in [0.5, 0.6) is 5.75 Å². The van der Waals surface area contributed by atoms with E-state index in [1.807, 2.05) is 0 Å². The fourth-order valence-electron chi connectivity index (χ4n) is 2.57. The topological polar surface area (TPSA) is 118 Å². The predicted molar refractivity (Wildman–Crippen MR) is 110 cm³/mol. The molecule has 9 heteroatoms. The lowest BCUT2D eigenvalue weighted by Crippen LogP contribution is -2.19. The number of nitro groups is 1. The summed E-state index contributed by atoms with van der Waals surface area (Å²) in [5, 5.41) is 23.3. The third-order valence-corrected chi connectivity index (χ3v) is 4.13. The Morgan fingerprint density at radius 3 is 2.65 bits per heavy atom. The smallest absolute Gasteiger partial charge is 0.274 e. The second-order valence-corrected chi connectivity index (χ2v) is 6.29. The molecule has 0 saturated carbocycles. The number of hydrogen-bond acceptors (Lipinski definition) is 6. The number of ether oxygens (including phenoxy) is 1. The Morgan fingerprint density at radius 1 is 1.19 bits per heavy atom. The number of nitrogens with one attached hydrogen (secondary N) is 1. The zero-order valence-electron chi connectivity index (χ0n) is 16.0. The van der Waals surface area contributed by atoms with E-state index in [0.717, 1.165) is 6.07 Å². The standard InChI is InChI=1S/C22H15FN4O4/c23-21-11-16(12-24)6-9-20(21)22(28)26-25-13-15-4-7-19(8-5-15)31-14-17-2-1-3-18(10-17)27(29)30/h1-11,13H,14H2,(H,26,28)/b25-13-. The minimum absolute atomic E-state index is 0.00408. The molecular weight excluding hydrogens is 403 g/mol. The van der Waals surface area contributed by atoms with Crippen molar-refractivity contribution >= 4 is 17.8 Å². The van der Waals surface area contributed by atoms with Gasteiger partial charge in [-0.05, 0) is 53.6 Å². The lowest BCUT2D eigenvalue weighted by molar-refractivity contribution is -0.384. The summed E-state index contributed by atoms with van der Waals surface area (Å²) >= 11 is 0. The van der Waals surface area contributed by atoms with Crippen molar-refractivity contribution in [2.45, 2.75) is 6.61 Å². The molecule has 0 fully saturated rings. The lowest BCUT2D eigenvalue weighted by atomic mass is 10.1. The maximum absolute atomic E-state index is 13.8. The number of hydrazone groups is 1. The number of halogens is 1. The van der Waals surface area contributed by atoms with Gasteiger partial charge in [0.1, 0.15) is 18.2 Å². The van der Waals surface area contributed by atoms with E-state index in [1.54, 1.807) is 42.5 Å². The Balaban J connectivity index is 1.55. The van der Waals surface area contributed by atoms with E-state index in [9.17, 15) is 19.3 Å². The first-order valence-electron chi connectivity index (χ1n) is 8.95. The highest BCUT2D eigenvalue weighted by molar-refractivity contribution is 5.95. The third kappa shape index (κ3) is 5.71. The van der Waals surface area contributed by atoms with Gasteiger partial charge < -0.3 is 4.74 Å². The fraction of sp³-hybridized carbons (Fsp3) is 0.0455. The zero-order valence-corrected chi connectivity index (χ0v) is 16.0. The molecule has 0 spiro atoms. The molecule has 0 aliphatic carbocycles. The quantitative estimate of drug-likeness (QED) is 0.354. The first-order chi connectivity index (χ1) is 15.0. The maximum atomic E-state index is 13.8. The minimum atomic E-state index is -0.808. The van der Waals surface area contributed by atoms with Crippen molar-refractivity contribution in [1.29, 1.82) is 5.26 Å². The highest BCUT2D eigenvalue weighted by atomic mass is 19.1. The number of amides is 1. The lowest BCUT2D eigenvalue weighted by Gasteiger charge is -2.06. The number of nitro benzene ring substituents is 1. The Kier molecular flexibility index (Phi) is 6.65. The van der Waals surface area contributed by atoms with Crippen molar-refractivity contribution in [2.75, 3.05) is 0 Å². The number of nitrogens with zero attached hydrogens (tertiary/aromatic N) is 3. The molecule has 0 aliphatic heterocycles. The van der Waals surface area contributed by atoms with Crippen molar-refractivity contribution in [3.05, 3.63) is 105 Å². The minimum Gasteiger partial charge on any atom is -0.489 e. The second-order valence-electron chi connectivity index (χ2n) is 6.29. The van der Waals surface area contributed by atoms with Gasteiger partial charge in [-0.25, -0.2) is 9.82 Å². The highest BCUT2D eigenvalue weighted by Crippen LogP contribution is 2.17. The molecule has 0 saturated heterocycles. The largest absolute Gasteiger partial charge is 0.489 e. The van der Waals surface area contributed by atoms with Gasteiger partial charge in [0.05, 0.1) is 28.3 Å². The van der Waals surface area contributed by atoms with Crippen molar-refractivity contribution in [3.63, 3.8) is 0 Å². The van der Waals surface area contributed by atoms with E-state index in [4.69, 9.17) is 10.00 Å². The summed E-state index contributed by atoms with van der Waals surface area (Å²) in [4.78, 5) is 22.3. The van der Waals surface area contributed by atoms with Crippen molar-refractivity contribution < 1.29 is 18.8 Å². The summed E-state index contributed by atoms with van der Waals surface area (Å²) in [7, 11) is 0. The van der Waals surface area contributed by atoms with Crippen LogP contribution in [0.15, 0.2) is 71.8 Å². The number of rotatable bonds is 7. The predicted octanol–water partition coefficient (Wildman–Crippen LogP) is 3.95. The van der Waals surface area contributed by atoms with Gasteiger partial charge in [-0.2, -0.15) is 10.4 Å². The normalized spacial score (nSPS) is 10.5. The van der Waals surface area contributed by atoms with Crippen LogP contribution in [0.2, 0.25) is 0 Å². The molecule has 154 valence electrons. The molecule has 0 bridgehead atoms. The van der Waals surface area contributed by atoms with Gasteiger partial charge in [-0.1, -0.05) is 12.1 Å². The van der Waals surface area contributed by atoms with E-state index < -0.39 is 16.6 Å². The number of carbonyl (C=O) groups is 1. The summed E-state index contributed by atoms with van der Waals surface area (Å²) in [5.74, 6) is -1.00. The Labute approximate surface area is 176 Å². The number of non-ortho nitro benzene ring substituents is 1. The van der Waals surface area contributed by atoms with Crippen LogP contribution < -0.4 is 10.2 Å². The van der Waals surface area contributed by atoms with Gasteiger partial charge in [-0.15, -0.1) is 0 Å². The molecule has 0 heterocycles. The van der Waals surface area contributed by atoms with Gasteiger partial charge in [0.2, 0.25) is 0 Å².